The molecule has 1 unspecified atom stereocenters. The minimum absolute atomic E-state index is 0.00333. The molecule has 2 aliphatic heterocycles. The van der Waals surface area contributed by atoms with Gasteiger partial charge < -0.3 is 39.4 Å². The van der Waals surface area contributed by atoms with Gasteiger partial charge in [0.25, 0.3) is 0 Å². The summed E-state index contributed by atoms with van der Waals surface area (Å²) >= 11 is 0. The SMILES string of the molecule is COC(=O)[C@]1(C)[C@@H](OC2O[C@H](CO)[C@@H](O)[C@H](O)[C@H]2O)CC[C@]23C[C@]24CC[C@]2(C)[C@@H]([C@H](C)[C@@H]5CC=C(C)C(=O)O5)CC[C@@]2(C)[C@@H]4CC[C@@H]13. The number of hydrogen-bond donors (Lipinski definition) is 4. The number of cyclic esters (lactones) is 1. The molecule has 0 bridgehead atoms. The van der Waals surface area contributed by atoms with E-state index in [0.29, 0.717) is 23.8 Å². The zero-order valence-electron chi connectivity index (χ0n) is 28.9. The number of hydrogen-bond acceptors (Lipinski definition) is 10. The van der Waals surface area contributed by atoms with Crippen LogP contribution in [-0.4, -0.2) is 89.0 Å². The highest BCUT2D eigenvalue weighted by molar-refractivity contribution is 5.88. The van der Waals surface area contributed by atoms with Gasteiger partial charge in [0.15, 0.2) is 6.29 Å². The molecule has 264 valence electrons. The second kappa shape index (κ2) is 11.2. The van der Waals surface area contributed by atoms with Crippen molar-refractivity contribution in [3.63, 3.8) is 0 Å². The van der Waals surface area contributed by atoms with Gasteiger partial charge >= 0.3 is 11.9 Å². The number of aliphatic hydroxyl groups excluding tert-OH is 4. The van der Waals surface area contributed by atoms with Crippen LogP contribution < -0.4 is 0 Å². The van der Waals surface area contributed by atoms with Crippen LogP contribution in [0.15, 0.2) is 11.6 Å². The van der Waals surface area contributed by atoms with Crippen LogP contribution in [0.4, 0.5) is 0 Å². The van der Waals surface area contributed by atoms with Crippen molar-refractivity contribution in [3.05, 3.63) is 11.6 Å². The Labute approximate surface area is 278 Å². The van der Waals surface area contributed by atoms with E-state index in [0.717, 1.165) is 57.8 Å². The first-order valence-electron chi connectivity index (χ1n) is 18.1. The maximum atomic E-state index is 13.9. The third kappa shape index (κ3) is 4.36. The van der Waals surface area contributed by atoms with Gasteiger partial charge in [-0.3, -0.25) is 4.79 Å². The third-order valence-electron chi connectivity index (χ3n) is 16.0. The van der Waals surface area contributed by atoms with Gasteiger partial charge in [-0.25, -0.2) is 4.79 Å². The summed E-state index contributed by atoms with van der Waals surface area (Å²) in [6.07, 6.45) is 4.25. The number of fused-ring (bicyclic) bond motifs is 2. The van der Waals surface area contributed by atoms with E-state index >= 15 is 0 Å². The normalized spacial score (nSPS) is 54.2. The summed E-state index contributed by atoms with van der Waals surface area (Å²) in [6, 6.07) is 0. The van der Waals surface area contributed by atoms with Crippen molar-refractivity contribution in [1.82, 2.24) is 0 Å². The van der Waals surface area contributed by atoms with E-state index in [4.69, 9.17) is 18.9 Å². The number of ether oxygens (including phenoxy) is 4. The van der Waals surface area contributed by atoms with Crippen molar-refractivity contribution < 1.29 is 49.0 Å². The maximum Gasteiger partial charge on any atom is 0.333 e. The maximum absolute atomic E-state index is 13.9. The number of carbonyl (C=O) groups is 2. The lowest BCUT2D eigenvalue weighted by Gasteiger charge is -2.63. The van der Waals surface area contributed by atoms with Crippen LogP contribution >= 0.6 is 0 Å². The van der Waals surface area contributed by atoms with E-state index in [1.807, 2.05) is 19.9 Å². The van der Waals surface area contributed by atoms with Crippen LogP contribution in [0.25, 0.3) is 0 Å². The fourth-order valence-corrected chi connectivity index (χ4v) is 13.2. The van der Waals surface area contributed by atoms with E-state index in [1.54, 1.807) is 0 Å². The molecule has 16 atom stereocenters. The zero-order chi connectivity index (χ0) is 33.9. The van der Waals surface area contributed by atoms with Gasteiger partial charge in [0, 0.05) is 12.0 Å². The Balaban J connectivity index is 1.14. The summed E-state index contributed by atoms with van der Waals surface area (Å²) in [6.45, 7) is 10.6. The highest BCUT2D eigenvalue weighted by Crippen LogP contribution is 2.89. The van der Waals surface area contributed by atoms with E-state index < -0.39 is 48.8 Å². The van der Waals surface area contributed by atoms with Gasteiger partial charge in [-0.05, 0) is 117 Å². The summed E-state index contributed by atoms with van der Waals surface area (Å²) in [5.41, 5.74) is 0.154. The van der Waals surface area contributed by atoms with E-state index in [1.165, 1.54) is 7.11 Å². The number of esters is 2. The molecule has 7 aliphatic rings. The number of aliphatic hydroxyl groups is 4. The van der Waals surface area contributed by atoms with Gasteiger partial charge in [0.05, 0.1) is 25.2 Å². The fourth-order valence-electron chi connectivity index (χ4n) is 13.2. The van der Waals surface area contributed by atoms with Gasteiger partial charge in [-0.2, -0.15) is 0 Å². The molecular weight excluding hydrogens is 604 g/mol. The van der Waals surface area contributed by atoms with Crippen LogP contribution in [0.5, 0.6) is 0 Å². The molecule has 10 nitrogen and oxygen atoms in total. The number of methoxy groups -OCH3 is 1. The zero-order valence-corrected chi connectivity index (χ0v) is 28.9. The van der Waals surface area contributed by atoms with Crippen LogP contribution in [0.2, 0.25) is 0 Å². The minimum Gasteiger partial charge on any atom is -0.469 e. The van der Waals surface area contributed by atoms with Crippen LogP contribution in [0.3, 0.4) is 0 Å². The summed E-state index contributed by atoms with van der Waals surface area (Å²) in [4.78, 5) is 26.3. The van der Waals surface area contributed by atoms with Gasteiger partial charge in [0.1, 0.15) is 30.5 Å². The van der Waals surface area contributed by atoms with Crippen LogP contribution in [0, 0.1) is 50.7 Å². The molecule has 0 aromatic rings. The average molecular weight is 661 g/mol. The Morgan fingerprint density at radius 3 is 2.34 bits per heavy atom. The fraction of sp³-hybridized carbons (Fsp3) is 0.892. The molecule has 2 heterocycles. The summed E-state index contributed by atoms with van der Waals surface area (Å²) < 4.78 is 23.6. The monoisotopic (exact) mass is 660 g/mol. The predicted molar refractivity (Wildman–Crippen MR) is 169 cm³/mol. The number of carbonyl (C=O) groups excluding carboxylic acids is 2. The Kier molecular flexibility index (Phi) is 8.10. The molecule has 4 N–H and O–H groups in total. The molecule has 0 radical (unpaired) electrons. The van der Waals surface area contributed by atoms with Crippen molar-refractivity contribution in [3.8, 4) is 0 Å². The molecule has 1 saturated heterocycles. The van der Waals surface area contributed by atoms with Crippen LogP contribution in [0.1, 0.15) is 98.8 Å². The molecule has 6 fully saturated rings. The van der Waals surface area contributed by atoms with E-state index in [2.05, 4.69) is 20.8 Å². The number of rotatable bonds is 6. The smallest absolute Gasteiger partial charge is 0.333 e. The van der Waals surface area contributed by atoms with E-state index in [9.17, 15) is 30.0 Å². The standard InChI is InChI=1S/C37H56O10/c1-19-7-8-22(45-30(19)42)20(2)21-11-13-34(4)24-9-10-25-35(5,32(43)44-6)26(47-31-29(41)28(40)27(39)23(17-38)46-31)12-14-36(25)18-37(24,36)16-15-33(21,34)3/h7,20-29,31,38-41H,8-18H2,1-6H3/t20-,21+,22-,23+,24-,25-,26-,27+,28-,29+,31?,33+,34-,35-,36+,37-/m0/s1. The third-order valence-corrected chi connectivity index (χ3v) is 16.0. The summed E-state index contributed by atoms with van der Waals surface area (Å²) in [5.74, 6) is 0.826. The first-order valence-corrected chi connectivity index (χ1v) is 18.1. The highest BCUT2D eigenvalue weighted by atomic mass is 16.7. The first-order chi connectivity index (χ1) is 22.1. The van der Waals surface area contributed by atoms with Crippen molar-refractivity contribution in [2.24, 2.45) is 50.7 Å². The molecular formula is C37H56O10. The minimum atomic E-state index is -1.55. The van der Waals surface area contributed by atoms with Gasteiger partial charge in [0.2, 0.25) is 0 Å². The van der Waals surface area contributed by atoms with Crippen molar-refractivity contribution in [2.45, 2.75) is 142 Å². The molecule has 2 spiro atoms. The van der Waals surface area contributed by atoms with Crippen molar-refractivity contribution in [1.29, 1.82) is 0 Å². The lowest BCUT2D eigenvalue weighted by Crippen LogP contribution is -2.63. The largest absolute Gasteiger partial charge is 0.469 e. The Morgan fingerprint density at radius 2 is 1.66 bits per heavy atom. The molecule has 0 amide bonds. The topological polar surface area (TPSA) is 152 Å². The highest BCUT2D eigenvalue weighted by Gasteiger charge is 2.83. The van der Waals surface area contributed by atoms with Crippen molar-refractivity contribution >= 4 is 11.9 Å². The predicted octanol–water partition coefficient (Wildman–Crippen LogP) is 3.66. The Hall–Kier alpha value is -1.56. The first kappa shape index (κ1) is 33.9. The average Bonchev–Trinajstić information content (AvgIpc) is 3.64. The molecule has 0 aromatic heterocycles. The second-order valence-corrected chi connectivity index (χ2v) is 17.2. The van der Waals surface area contributed by atoms with E-state index in [-0.39, 0.29) is 51.5 Å². The lowest BCUT2D eigenvalue weighted by atomic mass is 9.41. The lowest BCUT2D eigenvalue weighted by molar-refractivity contribution is -0.326. The molecule has 10 heteroatoms. The molecule has 7 rings (SSSR count). The summed E-state index contributed by atoms with van der Waals surface area (Å²) in [5, 5.41) is 41.2. The van der Waals surface area contributed by atoms with Gasteiger partial charge in [-0.15, -0.1) is 0 Å². The molecule has 5 saturated carbocycles. The quantitative estimate of drug-likeness (QED) is 0.245. The second-order valence-electron chi connectivity index (χ2n) is 17.2. The summed E-state index contributed by atoms with van der Waals surface area (Å²) in [7, 11) is 1.42. The Bertz CT molecular complexity index is 1320. The molecule has 47 heavy (non-hydrogen) atoms. The van der Waals surface area contributed by atoms with Gasteiger partial charge in [-0.1, -0.05) is 26.8 Å². The molecule has 5 aliphatic carbocycles. The van der Waals surface area contributed by atoms with Crippen LogP contribution in [-0.2, 0) is 28.5 Å². The Morgan fingerprint density at radius 1 is 0.957 bits per heavy atom. The van der Waals surface area contributed by atoms with Crippen molar-refractivity contribution in [2.75, 3.05) is 13.7 Å². The molecule has 0 aromatic carbocycles.